The van der Waals surface area contributed by atoms with E-state index in [-0.39, 0.29) is 33.6 Å². The van der Waals surface area contributed by atoms with Crippen molar-refractivity contribution >= 4 is 40.5 Å². The van der Waals surface area contributed by atoms with Crippen molar-refractivity contribution in [2.45, 2.75) is 30.5 Å². The van der Waals surface area contributed by atoms with Gasteiger partial charge in [-0.05, 0) is 28.8 Å². The molecule has 2 aromatic heterocycles. The summed E-state index contributed by atoms with van der Waals surface area (Å²) in [6.45, 7) is -0.822. The van der Waals surface area contributed by atoms with Gasteiger partial charge in [-0.3, -0.25) is 4.57 Å². The van der Waals surface area contributed by atoms with Gasteiger partial charge >= 0.3 is 11.9 Å². The van der Waals surface area contributed by atoms with Crippen molar-refractivity contribution in [1.82, 2.24) is 19.5 Å². The molecule has 4 aromatic rings. The molecule has 15 heteroatoms. The number of aromatic hydroxyl groups is 1. The standard InChI is InChI=1S/C26H25ClFN5O8/c1-40-17(19(35)20(28)33-12-30-18-21(29)31-25(27)32-22(18)33)11-41-26(23(36)37,24(38)39)10-13-6-8-14(9-7-13)15-4-2-3-5-16(15)34/h2-9,12,17,19-20,34-35H,10-11H2,1H3,(H,36,37)(H,38,39)(H2,29,31,32)/t17-,19-,20-/m1/s1. The molecule has 0 spiro atoms. The highest BCUT2D eigenvalue weighted by Crippen LogP contribution is 2.30. The Morgan fingerprint density at radius 1 is 1.12 bits per heavy atom. The summed E-state index contributed by atoms with van der Waals surface area (Å²) in [5.74, 6) is -3.72. The van der Waals surface area contributed by atoms with Crippen LogP contribution >= 0.6 is 11.6 Å². The van der Waals surface area contributed by atoms with Gasteiger partial charge in [-0.25, -0.2) is 19.0 Å². The number of para-hydroxylation sites is 1. The number of aliphatic carboxylic acids is 2. The highest BCUT2D eigenvalue weighted by molar-refractivity contribution is 6.28. The third kappa shape index (κ3) is 5.90. The van der Waals surface area contributed by atoms with Crippen LogP contribution < -0.4 is 5.73 Å². The zero-order valence-electron chi connectivity index (χ0n) is 21.4. The molecule has 0 radical (unpaired) electrons. The maximum atomic E-state index is 15.4. The smallest absolute Gasteiger partial charge is 0.348 e. The Kier molecular flexibility index (Phi) is 8.68. The fourth-order valence-corrected chi connectivity index (χ4v) is 4.36. The van der Waals surface area contributed by atoms with Gasteiger partial charge in [-0.2, -0.15) is 9.97 Å². The Bertz CT molecular complexity index is 1550. The molecule has 216 valence electrons. The number of ether oxygens (including phenoxy) is 2. The van der Waals surface area contributed by atoms with Crippen LogP contribution in [-0.4, -0.2) is 83.4 Å². The van der Waals surface area contributed by atoms with Gasteiger partial charge in [0.1, 0.15) is 23.5 Å². The minimum atomic E-state index is -2.81. The summed E-state index contributed by atoms with van der Waals surface area (Å²) in [6.07, 6.45) is -5.40. The molecule has 0 aliphatic rings. The zero-order valence-corrected chi connectivity index (χ0v) is 22.1. The second-order valence-electron chi connectivity index (χ2n) is 8.98. The molecular weight excluding hydrogens is 565 g/mol. The molecule has 13 nitrogen and oxygen atoms in total. The van der Waals surface area contributed by atoms with Gasteiger partial charge in [-0.15, -0.1) is 0 Å². The van der Waals surface area contributed by atoms with Gasteiger partial charge in [0.25, 0.3) is 5.60 Å². The normalized spacial score (nSPS) is 14.0. The number of aromatic nitrogens is 4. The minimum absolute atomic E-state index is 0.0266. The van der Waals surface area contributed by atoms with Crippen LogP contribution in [0.5, 0.6) is 5.75 Å². The number of nitrogen functional groups attached to an aromatic ring is 1. The number of phenols is 1. The number of carboxylic acids is 2. The van der Waals surface area contributed by atoms with E-state index < -0.39 is 49.1 Å². The Morgan fingerprint density at radius 3 is 2.39 bits per heavy atom. The SMILES string of the molecule is CO[C@H](COC(Cc1ccc(-c2ccccc2O)cc1)(C(=O)O)C(=O)O)[C@@H](O)[C@H](F)n1cnc2c(N)nc(Cl)nc21. The quantitative estimate of drug-likeness (QED) is 0.119. The summed E-state index contributed by atoms with van der Waals surface area (Å²) >= 11 is 5.80. The Morgan fingerprint density at radius 2 is 1.78 bits per heavy atom. The third-order valence-electron chi connectivity index (χ3n) is 6.46. The highest BCUT2D eigenvalue weighted by Gasteiger charge is 2.49. The number of carbonyl (C=O) groups is 2. The number of hydrogen-bond acceptors (Lipinski definition) is 10. The van der Waals surface area contributed by atoms with Crippen molar-refractivity contribution in [2.75, 3.05) is 19.5 Å². The number of alkyl halides is 1. The van der Waals surface area contributed by atoms with E-state index in [1.165, 1.54) is 18.2 Å². The van der Waals surface area contributed by atoms with Crippen LogP contribution in [-0.2, 0) is 25.5 Å². The van der Waals surface area contributed by atoms with Crippen LogP contribution in [0.1, 0.15) is 11.9 Å². The largest absolute Gasteiger partial charge is 0.507 e. The average molecular weight is 590 g/mol. The molecule has 0 saturated heterocycles. The van der Waals surface area contributed by atoms with Crippen LogP contribution in [0.2, 0.25) is 5.28 Å². The summed E-state index contributed by atoms with van der Waals surface area (Å²) in [5.41, 5.74) is 4.24. The summed E-state index contributed by atoms with van der Waals surface area (Å²) in [5, 5.41) is 40.3. The summed E-state index contributed by atoms with van der Waals surface area (Å²) in [4.78, 5) is 36.0. The third-order valence-corrected chi connectivity index (χ3v) is 6.63. The molecule has 0 aliphatic carbocycles. The van der Waals surface area contributed by atoms with Crippen molar-refractivity contribution in [1.29, 1.82) is 0 Å². The molecule has 2 heterocycles. The fraction of sp³-hybridized carbons (Fsp3) is 0.269. The number of rotatable bonds is 12. The van der Waals surface area contributed by atoms with E-state index in [1.54, 1.807) is 30.3 Å². The van der Waals surface area contributed by atoms with Gasteiger partial charge in [-0.1, -0.05) is 42.5 Å². The fourth-order valence-electron chi connectivity index (χ4n) is 4.19. The first-order chi connectivity index (χ1) is 19.5. The Labute approximate surface area is 236 Å². The second-order valence-corrected chi connectivity index (χ2v) is 9.32. The van der Waals surface area contributed by atoms with Crippen molar-refractivity contribution < 1.29 is 43.9 Å². The maximum Gasteiger partial charge on any atom is 0.348 e. The predicted molar refractivity (Wildman–Crippen MR) is 143 cm³/mol. The van der Waals surface area contributed by atoms with E-state index >= 15 is 4.39 Å². The van der Waals surface area contributed by atoms with E-state index in [9.17, 15) is 30.0 Å². The lowest BCUT2D eigenvalue weighted by Gasteiger charge is -2.30. The number of methoxy groups -OCH3 is 1. The number of hydrogen-bond donors (Lipinski definition) is 5. The monoisotopic (exact) mass is 589 g/mol. The number of nitrogens with two attached hydrogens (primary N) is 1. The van der Waals surface area contributed by atoms with Crippen LogP contribution in [0.4, 0.5) is 10.2 Å². The molecule has 0 bridgehead atoms. The summed E-state index contributed by atoms with van der Waals surface area (Å²) < 4.78 is 26.8. The van der Waals surface area contributed by atoms with Gasteiger partial charge in [0, 0.05) is 19.1 Å². The number of fused-ring (bicyclic) bond motifs is 1. The van der Waals surface area contributed by atoms with Gasteiger partial charge in [0.2, 0.25) is 11.6 Å². The lowest BCUT2D eigenvalue weighted by Crippen LogP contribution is -2.53. The summed E-state index contributed by atoms with van der Waals surface area (Å²) in [6, 6.07) is 12.7. The van der Waals surface area contributed by atoms with E-state index in [2.05, 4.69) is 15.0 Å². The molecular formula is C26H25ClFN5O8. The summed E-state index contributed by atoms with van der Waals surface area (Å²) in [7, 11) is 1.11. The average Bonchev–Trinajstić information content (AvgIpc) is 3.36. The zero-order chi connectivity index (χ0) is 29.9. The molecule has 0 saturated carbocycles. The molecule has 3 atom stereocenters. The van der Waals surface area contributed by atoms with E-state index in [0.29, 0.717) is 11.1 Å². The molecule has 0 amide bonds. The number of halogens is 2. The lowest BCUT2D eigenvalue weighted by atomic mass is 9.92. The lowest BCUT2D eigenvalue weighted by molar-refractivity contribution is -0.192. The number of phenolic OH excluding ortho intramolecular Hbond substituents is 1. The van der Waals surface area contributed by atoms with Gasteiger partial charge in [0.15, 0.2) is 11.5 Å². The van der Waals surface area contributed by atoms with Crippen molar-refractivity contribution in [3.05, 3.63) is 65.7 Å². The van der Waals surface area contributed by atoms with Crippen LogP contribution in [0.15, 0.2) is 54.9 Å². The van der Waals surface area contributed by atoms with Crippen LogP contribution in [0.25, 0.3) is 22.3 Å². The number of anilines is 1. The first-order valence-electron chi connectivity index (χ1n) is 12.0. The minimum Gasteiger partial charge on any atom is -0.507 e. The molecule has 2 aromatic carbocycles. The molecule has 0 fully saturated rings. The van der Waals surface area contributed by atoms with Gasteiger partial charge in [0.05, 0.1) is 12.9 Å². The first-order valence-corrected chi connectivity index (χ1v) is 12.3. The van der Waals surface area contributed by atoms with Gasteiger partial charge < -0.3 is 35.6 Å². The van der Waals surface area contributed by atoms with E-state index in [4.69, 9.17) is 26.8 Å². The number of aliphatic hydroxyl groups is 1. The van der Waals surface area contributed by atoms with Crippen LogP contribution in [0, 0.1) is 0 Å². The van der Waals surface area contributed by atoms with Crippen molar-refractivity contribution in [3.8, 4) is 16.9 Å². The molecule has 0 aliphatic heterocycles. The number of carboxylic acid groups (broad SMARTS) is 2. The number of benzene rings is 2. The number of aliphatic hydroxyl groups excluding tert-OH is 1. The second kappa shape index (κ2) is 12.0. The van der Waals surface area contributed by atoms with E-state index in [0.717, 1.165) is 18.0 Å². The topological polar surface area (TPSA) is 203 Å². The molecule has 41 heavy (non-hydrogen) atoms. The Hall–Kier alpha value is -4.37. The van der Waals surface area contributed by atoms with Crippen molar-refractivity contribution in [3.63, 3.8) is 0 Å². The predicted octanol–water partition coefficient (Wildman–Crippen LogP) is 2.45. The van der Waals surface area contributed by atoms with Crippen LogP contribution in [0.3, 0.4) is 0 Å². The molecule has 6 N–H and O–H groups in total. The van der Waals surface area contributed by atoms with Crippen molar-refractivity contribution in [2.24, 2.45) is 0 Å². The number of nitrogens with zero attached hydrogens (tertiary/aromatic N) is 4. The number of imidazole rings is 1. The molecule has 0 unspecified atom stereocenters. The van der Waals surface area contributed by atoms with E-state index in [1.807, 2.05) is 0 Å². The maximum absolute atomic E-state index is 15.4. The first kappa shape index (κ1) is 29.6. The Balaban J connectivity index is 1.54. The molecule has 4 rings (SSSR count). The highest BCUT2D eigenvalue weighted by atomic mass is 35.5.